The lowest BCUT2D eigenvalue weighted by atomic mass is 10.2. The van der Waals surface area contributed by atoms with Gasteiger partial charge in [-0.3, -0.25) is 0 Å². The first-order valence-corrected chi connectivity index (χ1v) is 4.83. The number of hydrogen-bond donors (Lipinski definition) is 2. The van der Waals surface area contributed by atoms with Crippen molar-refractivity contribution in [2.24, 2.45) is 0 Å². The van der Waals surface area contributed by atoms with Gasteiger partial charge in [-0.25, -0.2) is 0 Å². The van der Waals surface area contributed by atoms with E-state index in [1.807, 2.05) is 19.1 Å². The van der Waals surface area contributed by atoms with Crippen molar-refractivity contribution < 1.29 is 4.74 Å². The van der Waals surface area contributed by atoms with E-state index in [-0.39, 0.29) is 6.10 Å². The molecule has 0 aromatic heterocycles. The van der Waals surface area contributed by atoms with Crippen LogP contribution in [-0.4, -0.2) is 19.8 Å². The Balaban J connectivity index is 2.66. The third kappa shape index (κ3) is 2.79. The van der Waals surface area contributed by atoms with Gasteiger partial charge in [-0.15, -0.1) is 0 Å². The number of benzene rings is 1. The maximum absolute atomic E-state index is 5.97. The smallest absolute Gasteiger partial charge is 0.0764 e. The topological polar surface area (TPSA) is 47.3 Å². The van der Waals surface area contributed by atoms with E-state index < -0.39 is 0 Å². The minimum absolute atomic E-state index is 0.130. The minimum atomic E-state index is 0.130. The number of para-hydroxylation sites is 1. The van der Waals surface area contributed by atoms with Crippen LogP contribution >= 0.6 is 11.6 Å². The largest absolute Gasteiger partial charge is 0.397 e. The average molecular weight is 215 g/mol. The van der Waals surface area contributed by atoms with Gasteiger partial charge < -0.3 is 15.8 Å². The fourth-order valence-electron chi connectivity index (χ4n) is 1.06. The van der Waals surface area contributed by atoms with E-state index >= 15 is 0 Å². The summed E-state index contributed by atoms with van der Waals surface area (Å²) in [6, 6.07) is 5.44. The molecule has 4 heteroatoms. The SMILES string of the molecule is COC(C)CNc1c(N)cccc1Cl. The van der Waals surface area contributed by atoms with Crippen molar-refractivity contribution in [3.05, 3.63) is 23.2 Å². The Bertz CT molecular complexity index is 284. The van der Waals surface area contributed by atoms with Gasteiger partial charge in [0.1, 0.15) is 0 Å². The van der Waals surface area contributed by atoms with E-state index in [4.69, 9.17) is 22.1 Å². The summed E-state index contributed by atoms with van der Waals surface area (Å²) in [5.41, 5.74) is 7.19. The number of nitrogens with one attached hydrogen (secondary N) is 1. The van der Waals surface area contributed by atoms with E-state index in [1.165, 1.54) is 0 Å². The van der Waals surface area contributed by atoms with Crippen LogP contribution in [-0.2, 0) is 4.74 Å². The van der Waals surface area contributed by atoms with Gasteiger partial charge in [-0.1, -0.05) is 17.7 Å². The van der Waals surface area contributed by atoms with Crippen LogP contribution in [0.5, 0.6) is 0 Å². The van der Waals surface area contributed by atoms with E-state index in [9.17, 15) is 0 Å². The molecular weight excluding hydrogens is 200 g/mol. The second-order valence-electron chi connectivity index (χ2n) is 3.13. The van der Waals surface area contributed by atoms with Crippen LogP contribution in [0, 0.1) is 0 Å². The van der Waals surface area contributed by atoms with E-state index in [1.54, 1.807) is 13.2 Å². The molecule has 0 aliphatic heterocycles. The summed E-state index contributed by atoms with van der Waals surface area (Å²) >= 11 is 5.97. The van der Waals surface area contributed by atoms with Crippen molar-refractivity contribution in [1.82, 2.24) is 0 Å². The van der Waals surface area contributed by atoms with Crippen LogP contribution in [0.2, 0.25) is 5.02 Å². The molecule has 1 aromatic rings. The molecule has 1 aromatic carbocycles. The van der Waals surface area contributed by atoms with Crippen molar-refractivity contribution in [3.63, 3.8) is 0 Å². The maximum Gasteiger partial charge on any atom is 0.0764 e. The minimum Gasteiger partial charge on any atom is -0.397 e. The molecule has 1 rings (SSSR count). The molecular formula is C10H15ClN2O. The van der Waals surface area contributed by atoms with Gasteiger partial charge in [0, 0.05) is 13.7 Å². The molecule has 0 fully saturated rings. The average Bonchev–Trinajstić information content (AvgIpc) is 2.16. The lowest BCUT2D eigenvalue weighted by molar-refractivity contribution is 0.129. The highest BCUT2D eigenvalue weighted by atomic mass is 35.5. The molecule has 78 valence electrons. The Morgan fingerprint density at radius 3 is 2.86 bits per heavy atom. The molecule has 0 amide bonds. The Morgan fingerprint density at radius 2 is 2.29 bits per heavy atom. The van der Waals surface area contributed by atoms with Crippen molar-refractivity contribution in [3.8, 4) is 0 Å². The molecule has 0 aliphatic rings. The Morgan fingerprint density at radius 1 is 1.57 bits per heavy atom. The molecule has 0 radical (unpaired) electrons. The summed E-state index contributed by atoms with van der Waals surface area (Å²) in [6.45, 7) is 2.66. The van der Waals surface area contributed by atoms with Crippen molar-refractivity contribution in [2.75, 3.05) is 24.7 Å². The molecule has 0 saturated carbocycles. The van der Waals surface area contributed by atoms with Crippen LogP contribution in [0.1, 0.15) is 6.92 Å². The number of halogens is 1. The molecule has 0 saturated heterocycles. The monoisotopic (exact) mass is 214 g/mol. The quantitative estimate of drug-likeness (QED) is 0.757. The van der Waals surface area contributed by atoms with Gasteiger partial charge in [0.25, 0.3) is 0 Å². The van der Waals surface area contributed by atoms with Gasteiger partial charge in [0.2, 0.25) is 0 Å². The molecule has 0 bridgehead atoms. The number of ether oxygens (including phenoxy) is 1. The lowest BCUT2D eigenvalue weighted by Crippen LogP contribution is -2.18. The summed E-state index contributed by atoms with van der Waals surface area (Å²) < 4.78 is 5.11. The van der Waals surface area contributed by atoms with Gasteiger partial charge in [0.05, 0.1) is 22.5 Å². The van der Waals surface area contributed by atoms with E-state index in [2.05, 4.69) is 5.32 Å². The summed E-state index contributed by atoms with van der Waals surface area (Å²) in [5, 5.41) is 3.78. The normalized spacial score (nSPS) is 12.5. The lowest BCUT2D eigenvalue weighted by Gasteiger charge is -2.14. The highest BCUT2D eigenvalue weighted by molar-refractivity contribution is 6.33. The zero-order valence-corrected chi connectivity index (χ0v) is 9.14. The Labute approximate surface area is 89.2 Å². The van der Waals surface area contributed by atoms with Crippen LogP contribution in [0.25, 0.3) is 0 Å². The van der Waals surface area contributed by atoms with Crippen LogP contribution in [0.15, 0.2) is 18.2 Å². The molecule has 0 aliphatic carbocycles. The third-order valence-electron chi connectivity index (χ3n) is 2.01. The molecule has 1 unspecified atom stereocenters. The standard InChI is InChI=1S/C10H15ClN2O/c1-7(14-2)6-13-10-8(11)4-3-5-9(10)12/h3-5,7,13H,6,12H2,1-2H3. The molecule has 1 atom stereocenters. The molecule has 0 spiro atoms. The highest BCUT2D eigenvalue weighted by Crippen LogP contribution is 2.27. The first-order chi connectivity index (χ1) is 6.65. The van der Waals surface area contributed by atoms with Crippen LogP contribution in [0.3, 0.4) is 0 Å². The molecule has 14 heavy (non-hydrogen) atoms. The summed E-state index contributed by atoms with van der Waals surface area (Å²) in [4.78, 5) is 0. The van der Waals surface area contributed by atoms with Crippen molar-refractivity contribution >= 4 is 23.0 Å². The van der Waals surface area contributed by atoms with Crippen molar-refractivity contribution in [2.45, 2.75) is 13.0 Å². The zero-order chi connectivity index (χ0) is 10.6. The maximum atomic E-state index is 5.97. The number of nitrogen functional groups attached to an aromatic ring is 1. The molecule has 3 nitrogen and oxygen atoms in total. The predicted molar refractivity (Wildman–Crippen MR) is 60.8 cm³/mol. The van der Waals surface area contributed by atoms with Gasteiger partial charge in [-0.2, -0.15) is 0 Å². The first-order valence-electron chi connectivity index (χ1n) is 4.45. The zero-order valence-electron chi connectivity index (χ0n) is 8.38. The second kappa shape index (κ2) is 5.08. The third-order valence-corrected chi connectivity index (χ3v) is 2.33. The Kier molecular flexibility index (Phi) is 4.04. The fourth-order valence-corrected chi connectivity index (χ4v) is 1.31. The summed E-state index contributed by atoms with van der Waals surface area (Å²) in [6.07, 6.45) is 0.130. The fraction of sp³-hybridized carbons (Fsp3) is 0.400. The number of anilines is 2. The van der Waals surface area contributed by atoms with E-state index in [0.29, 0.717) is 17.3 Å². The molecule has 3 N–H and O–H groups in total. The van der Waals surface area contributed by atoms with Gasteiger partial charge in [-0.05, 0) is 19.1 Å². The van der Waals surface area contributed by atoms with Gasteiger partial charge in [0.15, 0.2) is 0 Å². The number of nitrogens with two attached hydrogens (primary N) is 1. The highest BCUT2D eigenvalue weighted by Gasteiger charge is 2.05. The Hall–Kier alpha value is -0.930. The number of hydrogen-bond acceptors (Lipinski definition) is 3. The van der Waals surface area contributed by atoms with Crippen molar-refractivity contribution in [1.29, 1.82) is 0 Å². The number of rotatable bonds is 4. The van der Waals surface area contributed by atoms with Gasteiger partial charge >= 0.3 is 0 Å². The first kappa shape index (κ1) is 11.1. The van der Waals surface area contributed by atoms with Crippen LogP contribution in [0.4, 0.5) is 11.4 Å². The van der Waals surface area contributed by atoms with Crippen LogP contribution < -0.4 is 11.1 Å². The summed E-state index contributed by atoms with van der Waals surface area (Å²) in [5.74, 6) is 0. The summed E-state index contributed by atoms with van der Waals surface area (Å²) in [7, 11) is 1.67. The second-order valence-corrected chi connectivity index (χ2v) is 3.54. The predicted octanol–water partition coefficient (Wildman–Crippen LogP) is 2.37. The number of methoxy groups -OCH3 is 1. The van der Waals surface area contributed by atoms with E-state index in [0.717, 1.165) is 5.69 Å². The molecule has 0 heterocycles.